The summed E-state index contributed by atoms with van der Waals surface area (Å²) in [5.74, 6) is -0.893. The van der Waals surface area contributed by atoms with E-state index in [0.29, 0.717) is 11.3 Å². The van der Waals surface area contributed by atoms with Crippen LogP contribution in [0.15, 0.2) is 42.5 Å². The van der Waals surface area contributed by atoms with Crippen molar-refractivity contribution in [2.75, 3.05) is 13.7 Å². The first kappa shape index (κ1) is 19.0. The molecule has 2 rings (SSSR count). The number of amides is 2. The molecular weight excluding hydrogens is 336 g/mol. The van der Waals surface area contributed by atoms with Crippen LogP contribution in [0.25, 0.3) is 0 Å². The van der Waals surface area contributed by atoms with Crippen LogP contribution in [0.3, 0.4) is 0 Å². The third-order valence-corrected chi connectivity index (χ3v) is 3.57. The van der Waals surface area contributed by atoms with Crippen LogP contribution in [0.5, 0.6) is 5.75 Å². The molecule has 0 bridgehead atoms. The first-order chi connectivity index (χ1) is 12.4. The van der Waals surface area contributed by atoms with Gasteiger partial charge in [-0.05, 0) is 49.7 Å². The summed E-state index contributed by atoms with van der Waals surface area (Å²) < 4.78 is 10.0. The molecule has 0 fully saturated rings. The van der Waals surface area contributed by atoms with Crippen LogP contribution in [0.4, 0.5) is 0 Å². The molecule has 136 valence electrons. The Morgan fingerprint density at radius 1 is 0.923 bits per heavy atom. The topological polar surface area (TPSA) is 93.7 Å². The molecule has 0 spiro atoms. The summed E-state index contributed by atoms with van der Waals surface area (Å²) in [7, 11) is 1.28. The first-order valence-corrected chi connectivity index (χ1v) is 7.88. The number of aryl methyl sites for hydroxylation is 2. The van der Waals surface area contributed by atoms with Gasteiger partial charge in [0.2, 0.25) is 0 Å². The van der Waals surface area contributed by atoms with Gasteiger partial charge in [-0.1, -0.05) is 17.7 Å². The summed E-state index contributed by atoms with van der Waals surface area (Å²) in [6, 6.07) is 11.5. The lowest BCUT2D eigenvalue weighted by Crippen LogP contribution is -2.43. The van der Waals surface area contributed by atoms with Crippen LogP contribution in [0.2, 0.25) is 0 Å². The first-order valence-electron chi connectivity index (χ1n) is 7.88. The largest absolute Gasteiger partial charge is 0.483 e. The molecule has 0 saturated heterocycles. The molecule has 0 radical (unpaired) electrons. The number of rotatable bonds is 5. The fourth-order valence-corrected chi connectivity index (χ4v) is 2.21. The minimum absolute atomic E-state index is 0.231. The average molecular weight is 356 g/mol. The third-order valence-electron chi connectivity index (χ3n) is 3.57. The zero-order valence-electron chi connectivity index (χ0n) is 14.8. The van der Waals surface area contributed by atoms with Crippen LogP contribution < -0.4 is 15.6 Å². The van der Waals surface area contributed by atoms with E-state index in [9.17, 15) is 14.4 Å². The van der Waals surface area contributed by atoms with Crippen molar-refractivity contribution in [3.63, 3.8) is 0 Å². The van der Waals surface area contributed by atoms with Gasteiger partial charge in [0.25, 0.3) is 11.8 Å². The van der Waals surface area contributed by atoms with Crippen molar-refractivity contribution < 1.29 is 23.9 Å². The number of ether oxygens (including phenoxy) is 2. The van der Waals surface area contributed by atoms with Crippen LogP contribution in [-0.2, 0) is 9.53 Å². The summed E-state index contributed by atoms with van der Waals surface area (Å²) in [4.78, 5) is 35.1. The molecule has 0 atom stereocenters. The molecule has 0 heterocycles. The lowest BCUT2D eigenvalue weighted by Gasteiger charge is -2.11. The van der Waals surface area contributed by atoms with Gasteiger partial charge in [0.15, 0.2) is 6.61 Å². The Morgan fingerprint density at radius 3 is 2.19 bits per heavy atom. The van der Waals surface area contributed by atoms with E-state index in [1.807, 2.05) is 26.0 Å². The van der Waals surface area contributed by atoms with E-state index in [1.54, 1.807) is 6.07 Å². The van der Waals surface area contributed by atoms with Gasteiger partial charge in [-0.3, -0.25) is 20.4 Å². The Hall–Kier alpha value is -3.35. The van der Waals surface area contributed by atoms with Crippen LogP contribution in [0.1, 0.15) is 31.8 Å². The molecule has 0 aliphatic rings. The van der Waals surface area contributed by atoms with Gasteiger partial charge in [0.1, 0.15) is 5.75 Å². The number of esters is 1. The van der Waals surface area contributed by atoms with Gasteiger partial charge in [0, 0.05) is 5.56 Å². The highest BCUT2D eigenvalue weighted by atomic mass is 16.5. The van der Waals surface area contributed by atoms with Crippen molar-refractivity contribution in [2.24, 2.45) is 0 Å². The fourth-order valence-electron chi connectivity index (χ4n) is 2.21. The van der Waals surface area contributed by atoms with Crippen LogP contribution in [-0.4, -0.2) is 31.5 Å². The third kappa shape index (κ3) is 5.07. The van der Waals surface area contributed by atoms with Crippen molar-refractivity contribution in [3.05, 3.63) is 64.7 Å². The molecule has 0 aliphatic carbocycles. The minimum Gasteiger partial charge on any atom is -0.483 e. The highest BCUT2D eigenvalue weighted by Crippen LogP contribution is 2.18. The zero-order valence-corrected chi connectivity index (χ0v) is 14.8. The maximum Gasteiger partial charge on any atom is 0.337 e. The summed E-state index contributed by atoms with van der Waals surface area (Å²) in [5, 5.41) is 0. The molecule has 0 saturated carbocycles. The van der Waals surface area contributed by atoms with E-state index >= 15 is 0 Å². The Balaban J connectivity index is 1.82. The molecule has 2 aromatic carbocycles. The maximum absolute atomic E-state index is 12.0. The van der Waals surface area contributed by atoms with Crippen molar-refractivity contribution in [1.29, 1.82) is 0 Å². The number of methoxy groups -OCH3 is 1. The fraction of sp³-hybridized carbons (Fsp3) is 0.211. The lowest BCUT2D eigenvalue weighted by atomic mass is 10.1. The van der Waals surface area contributed by atoms with E-state index in [0.717, 1.165) is 11.1 Å². The monoisotopic (exact) mass is 356 g/mol. The molecule has 0 aromatic heterocycles. The van der Waals surface area contributed by atoms with E-state index in [4.69, 9.17) is 4.74 Å². The standard InChI is InChI=1S/C19H20N2O5/c1-12-4-9-16(13(2)10-12)26-11-17(22)20-21-18(23)14-5-7-15(8-6-14)19(24)25-3/h4-10H,11H2,1-3H3,(H,20,22)(H,21,23). The molecule has 26 heavy (non-hydrogen) atoms. The minimum atomic E-state index is -0.513. The Labute approximate surface area is 151 Å². The summed E-state index contributed by atoms with van der Waals surface area (Å²) in [6.07, 6.45) is 0. The number of hydrazine groups is 1. The van der Waals surface area contributed by atoms with Gasteiger partial charge in [0.05, 0.1) is 12.7 Å². The number of hydrogen-bond acceptors (Lipinski definition) is 5. The second-order valence-corrected chi connectivity index (χ2v) is 5.63. The van der Waals surface area contributed by atoms with E-state index in [-0.39, 0.29) is 12.2 Å². The molecule has 7 heteroatoms. The van der Waals surface area contributed by atoms with Gasteiger partial charge >= 0.3 is 5.97 Å². The summed E-state index contributed by atoms with van der Waals surface area (Å²) >= 11 is 0. The maximum atomic E-state index is 12.0. The molecule has 2 N–H and O–H groups in total. The SMILES string of the molecule is COC(=O)c1ccc(C(=O)NNC(=O)COc2ccc(C)cc2C)cc1. The van der Waals surface area contributed by atoms with Crippen molar-refractivity contribution in [1.82, 2.24) is 10.9 Å². The molecule has 2 amide bonds. The zero-order chi connectivity index (χ0) is 19.1. The molecular formula is C19H20N2O5. The number of carbonyl (C=O) groups excluding carboxylic acids is 3. The van der Waals surface area contributed by atoms with Gasteiger partial charge in [-0.2, -0.15) is 0 Å². The molecule has 7 nitrogen and oxygen atoms in total. The average Bonchev–Trinajstić information content (AvgIpc) is 2.64. The van der Waals surface area contributed by atoms with Gasteiger partial charge < -0.3 is 9.47 Å². The number of benzene rings is 2. The second kappa shape index (κ2) is 8.66. The summed E-state index contributed by atoms with van der Waals surface area (Å²) in [5.41, 5.74) is 7.20. The van der Waals surface area contributed by atoms with Gasteiger partial charge in [-0.15, -0.1) is 0 Å². The second-order valence-electron chi connectivity index (χ2n) is 5.63. The van der Waals surface area contributed by atoms with E-state index in [2.05, 4.69) is 15.6 Å². The predicted molar refractivity (Wildman–Crippen MR) is 94.8 cm³/mol. The van der Waals surface area contributed by atoms with E-state index < -0.39 is 17.8 Å². The highest BCUT2D eigenvalue weighted by molar-refractivity contribution is 5.97. The Bertz CT molecular complexity index is 815. The normalized spacial score (nSPS) is 9.96. The van der Waals surface area contributed by atoms with Crippen LogP contribution in [0, 0.1) is 13.8 Å². The number of carbonyl (C=O) groups is 3. The number of hydrogen-bond donors (Lipinski definition) is 2. The predicted octanol–water partition coefficient (Wildman–Crippen LogP) is 1.93. The lowest BCUT2D eigenvalue weighted by molar-refractivity contribution is -0.123. The summed E-state index contributed by atoms with van der Waals surface area (Å²) in [6.45, 7) is 3.63. The van der Waals surface area contributed by atoms with Crippen molar-refractivity contribution in [2.45, 2.75) is 13.8 Å². The Morgan fingerprint density at radius 2 is 1.58 bits per heavy atom. The Kier molecular flexibility index (Phi) is 6.32. The highest BCUT2D eigenvalue weighted by Gasteiger charge is 2.10. The molecule has 0 aliphatic heterocycles. The van der Waals surface area contributed by atoms with Crippen LogP contribution >= 0.6 is 0 Å². The number of nitrogens with one attached hydrogen (secondary N) is 2. The van der Waals surface area contributed by atoms with Gasteiger partial charge in [-0.25, -0.2) is 4.79 Å². The quantitative estimate of drug-likeness (QED) is 0.631. The smallest absolute Gasteiger partial charge is 0.337 e. The molecule has 0 unspecified atom stereocenters. The van der Waals surface area contributed by atoms with Crippen molar-refractivity contribution in [3.8, 4) is 5.75 Å². The van der Waals surface area contributed by atoms with Crippen molar-refractivity contribution >= 4 is 17.8 Å². The van der Waals surface area contributed by atoms with E-state index in [1.165, 1.54) is 31.4 Å². The molecule has 2 aromatic rings.